The third-order valence-electron chi connectivity index (χ3n) is 4.56. The maximum atomic E-state index is 10.0. The second-order valence-electron chi connectivity index (χ2n) is 5.87. The highest BCUT2D eigenvalue weighted by Crippen LogP contribution is 2.44. The molecule has 0 aromatic heterocycles. The molecule has 0 radical (unpaired) electrons. The predicted molar refractivity (Wildman–Crippen MR) is 96.8 cm³/mol. The molecule has 2 aromatic rings. The number of rotatable bonds is 6. The summed E-state index contributed by atoms with van der Waals surface area (Å²) < 4.78 is 0. The van der Waals surface area contributed by atoms with Gasteiger partial charge in [0, 0.05) is 5.41 Å². The molecule has 2 N–H and O–H groups in total. The normalized spacial score (nSPS) is 11.7. The minimum Gasteiger partial charge on any atom is -0.506 e. The lowest BCUT2D eigenvalue weighted by Crippen LogP contribution is -2.27. The van der Waals surface area contributed by atoms with Crippen LogP contribution < -0.4 is 0 Å². The van der Waals surface area contributed by atoms with Gasteiger partial charge in [-0.2, -0.15) is 0 Å². The number of benzene rings is 2. The summed E-state index contributed by atoms with van der Waals surface area (Å²) in [7, 11) is 0. The highest BCUT2D eigenvalue weighted by Gasteiger charge is 2.33. The molecular weight excluding hydrogens is 331 g/mol. The second kappa shape index (κ2) is 7.46. The number of hydrogen-bond donors (Lipinski definition) is 2. The Kier molecular flexibility index (Phi) is 5.83. The van der Waals surface area contributed by atoms with E-state index in [1.807, 2.05) is 12.1 Å². The maximum absolute atomic E-state index is 10.0. The molecule has 2 rings (SSSR count). The standard InChI is InChI=1S/C19H22Cl2O2/c1-3-5-10-19(4-2,13-6-8-15(20)17(22)11-13)14-7-9-16(21)18(23)12-14/h6-9,11-12,22-23H,3-5,10H2,1-2H3. The Morgan fingerprint density at radius 3 is 1.70 bits per heavy atom. The molecule has 4 heteroatoms. The number of phenolic OH excluding ortho intramolecular Hbond substituents is 2. The Bertz CT molecular complexity index is 632. The van der Waals surface area contributed by atoms with Gasteiger partial charge in [-0.15, -0.1) is 0 Å². The molecule has 0 spiro atoms. The van der Waals surface area contributed by atoms with E-state index in [4.69, 9.17) is 23.2 Å². The topological polar surface area (TPSA) is 40.5 Å². The Balaban J connectivity index is 2.62. The minimum atomic E-state index is -0.292. The van der Waals surface area contributed by atoms with Crippen molar-refractivity contribution in [3.63, 3.8) is 0 Å². The van der Waals surface area contributed by atoms with Crippen LogP contribution >= 0.6 is 23.2 Å². The van der Waals surface area contributed by atoms with Gasteiger partial charge in [-0.25, -0.2) is 0 Å². The van der Waals surface area contributed by atoms with Crippen LogP contribution in [0.4, 0.5) is 0 Å². The average molecular weight is 353 g/mol. The Morgan fingerprint density at radius 2 is 1.35 bits per heavy atom. The molecule has 0 aliphatic carbocycles. The van der Waals surface area contributed by atoms with Crippen molar-refractivity contribution in [1.82, 2.24) is 0 Å². The first-order valence-electron chi connectivity index (χ1n) is 7.92. The number of hydrogen-bond acceptors (Lipinski definition) is 2. The van der Waals surface area contributed by atoms with Crippen molar-refractivity contribution < 1.29 is 10.2 Å². The van der Waals surface area contributed by atoms with E-state index in [2.05, 4.69) is 13.8 Å². The molecule has 0 atom stereocenters. The predicted octanol–water partition coefficient (Wildman–Crippen LogP) is 6.29. The van der Waals surface area contributed by atoms with E-state index in [0.717, 1.165) is 36.8 Å². The van der Waals surface area contributed by atoms with E-state index in [0.29, 0.717) is 10.0 Å². The first kappa shape index (κ1) is 18.0. The lowest BCUT2D eigenvalue weighted by molar-refractivity contribution is 0.425. The molecule has 0 bridgehead atoms. The van der Waals surface area contributed by atoms with Crippen molar-refractivity contribution in [2.75, 3.05) is 0 Å². The fourth-order valence-corrected chi connectivity index (χ4v) is 3.37. The summed E-state index contributed by atoms with van der Waals surface area (Å²) in [5.41, 5.74) is 1.70. The van der Waals surface area contributed by atoms with Crippen molar-refractivity contribution >= 4 is 23.2 Å². The van der Waals surface area contributed by atoms with Gasteiger partial charge in [-0.1, -0.05) is 62.0 Å². The summed E-state index contributed by atoms with van der Waals surface area (Å²) in [5, 5.41) is 20.7. The van der Waals surface area contributed by atoms with Gasteiger partial charge in [-0.05, 0) is 48.2 Å². The Hall–Kier alpha value is -1.38. The van der Waals surface area contributed by atoms with Crippen LogP contribution in [-0.2, 0) is 5.41 Å². The smallest absolute Gasteiger partial charge is 0.134 e. The molecule has 0 fully saturated rings. The van der Waals surface area contributed by atoms with Gasteiger partial charge >= 0.3 is 0 Å². The van der Waals surface area contributed by atoms with Crippen molar-refractivity contribution in [3.05, 3.63) is 57.6 Å². The number of halogens is 2. The summed E-state index contributed by atoms with van der Waals surface area (Å²) in [4.78, 5) is 0. The second-order valence-corrected chi connectivity index (χ2v) is 6.69. The number of aromatic hydroxyl groups is 2. The van der Waals surface area contributed by atoms with Crippen molar-refractivity contribution in [2.24, 2.45) is 0 Å². The zero-order valence-corrected chi connectivity index (χ0v) is 15.0. The third kappa shape index (κ3) is 3.59. The number of unbranched alkanes of at least 4 members (excludes halogenated alkanes) is 1. The lowest BCUT2D eigenvalue weighted by Gasteiger charge is -2.35. The van der Waals surface area contributed by atoms with Gasteiger partial charge in [0.2, 0.25) is 0 Å². The van der Waals surface area contributed by atoms with Crippen molar-refractivity contribution in [2.45, 2.75) is 44.9 Å². The fourth-order valence-electron chi connectivity index (χ4n) is 3.14. The van der Waals surface area contributed by atoms with Gasteiger partial charge in [0.15, 0.2) is 0 Å². The fraction of sp³-hybridized carbons (Fsp3) is 0.368. The summed E-state index contributed by atoms with van der Waals surface area (Å²) in [6.45, 7) is 4.27. The number of phenols is 2. The van der Waals surface area contributed by atoms with E-state index in [9.17, 15) is 10.2 Å². The largest absolute Gasteiger partial charge is 0.506 e. The van der Waals surface area contributed by atoms with Crippen LogP contribution in [0.2, 0.25) is 10.0 Å². The van der Waals surface area contributed by atoms with Crippen LogP contribution in [0.25, 0.3) is 0 Å². The summed E-state index contributed by atoms with van der Waals surface area (Å²) >= 11 is 11.9. The van der Waals surface area contributed by atoms with Gasteiger partial charge in [0.1, 0.15) is 11.5 Å². The van der Waals surface area contributed by atoms with Crippen LogP contribution in [0.5, 0.6) is 11.5 Å². The SMILES string of the molecule is CCCCC(CC)(c1ccc(Cl)c(O)c1)c1ccc(Cl)c(O)c1. The molecule has 0 saturated heterocycles. The molecule has 0 amide bonds. The van der Waals surface area contributed by atoms with Gasteiger partial charge in [0.05, 0.1) is 10.0 Å². The lowest BCUT2D eigenvalue weighted by atomic mass is 9.69. The molecule has 0 aliphatic rings. The molecule has 124 valence electrons. The minimum absolute atomic E-state index is 0.0803. The first-order valence-corrected chi connectivity index (χ1v) is 8.68. The van der Waals surface area contributed by atoms with Gasteiger partial charge in [-0.3, -0.25) is 0 Å². The van der Waals surface area contributed by atoms with Crippen molar-refractivity contribution in [1.29, 1.82) is 0 Å². The summed E-state index contributed by atoms with van der Waals surface area (Å²) in [6.07, 6.45) is 3.87. The molecule has 2 aromatic carbocycles. The average Bonchev–Trinajstić information content (AvgIpc) is 2.54. The zero-order valence-electron chi connectivity index (χ0n) is 13.4. The van der Waals surface area contributed by atoms with E-state index in [-0.39, 0.29) is 16.9 Å². The van der Waals surface area contributed by atoms with Gasteiger partial charge < -0.3 is 10.2 Å². The highest BCUT2D eigenvalue weighted by molar-refractivity contribution is 6.32. The third-order valence-corrected chi connectivity index (χ3v) is 5.20. The molecular formula is C19H22Cl2O2. The quantitative estimate of drug-likeness (QED) is 0.641. The zero-order chi connectivity index (χ0) is 17.0. The van der Waals surface area contributed by atoms with Crippen molar-refractivity contribution in [3.8, 4) is 11.5 Å². The summed E-state index contributed by atoms with van der Waals surface area (Å²) in [5.74, 6) is 0.161. The molecule has 23 heavy (non-hydrogen) atoms. The van der Waals surface area contributed by atoms with Gasteiger partial charge in [0.25, 0.3) is 0 Å². The molecule has 0 saturated carbocycles. The van der Waals surface area contributed by atoms with Crippen LogP contribution in [-0.4, -0.2) is 10.2 Å². The van der Waals surface area contributed by atoms with Crippen LogP contribution in [0.1, 0.15) is 50.7 Å². The molecule has 0 unspecified atom stereocenters. The van der Waals surface area contributed by atoms with E-state index in [1.54, 1.807) is 24.3 Å². The van der Waals surface area contributed by atoms with E-state index in [1.165, 1.54) is 0 Å². The molecule has 0 heterocycles. The van der Waals surface area contributed by atoms with Crippen LogP contribution in [0, 0.1) is 0 Å². The molecule has 0 aliphatic heterocycles. The van der Waals surface area contributed by atoms with E-state index < -0.39 is 0 Å². The van der Waals surface area contributed by atoms with E-state index >= 15 is 0 Å². The monoisotopic (exact) mass is 352 g/mol. The first-order chi connectivity index (χ1) is 10.9. The Morgan fingerprint density at radius 1 is 0.870 bits per heavy atom. The Labute approximate surface area is 147 Å². The highest BCUT2D eigenvalue weighted by atomic mass is 35.5. The molecule has 2 nitrogen and oxygen atoms in total. The maximum Gasteiger partial charge on any atom is 0.134 e. The summed E-state index contributed by atoms with van der Waals surface area (Å²) in [6, 6.07) is 10.8. The van der Waals surface area contributed by atoms with Crippen LogP contribution in [0.3, 0.4) is 0 Å². The van der Waals surface area contributed by atoms with Crippen LogP contribution in [0.15, 0.2) is 36.4 Å².